The highest BCUT2D eigenvalue weighted by atomic mass is 16.2. The van der Waals surface area contributed by atoms with Gasteiger partial charge in [-0.2, -0.15) is 0 Å². The molecule has 1 amide bonds. The summed E-state index contributed by atoms with van der Waals surface area (Å²) in [6, 6.07) is 0. The number of ketones is 1. The third kappa shape index (κ3) is 5.70. The smallest absolute Gasteiger partial charge is 0.236 e. The molecule has 0 aromatic rings. The van der Waals surface area contributed by atoms with Crippen LogP contribution in [0.2, 0.25) is 0 Å². The van der Waals surface area contributed by atoms with Gasteiger partial charge in [0.2, 0.25) is 5.91 Å². The van der Waals surface area contributed by atoms with Crippen LogP contribution < -0.4 is 0 Å². The molecule has 0 aromatic carbocycles. The van der Waals surface area contributed by atoms with Gasteiger partial charge in [0.05, 0.1) is 13.1 Å². The van der Waals surface area contributed by atoms with E-state index in [9.17, 15) is 9.59 Å². The van der Waals surface area contributed by atoms with Crippen molar-refractivity contribution in [1.82, 2.24) is 9.80 Å². The number of amides is 1. The molecule has 0 aromatic heterocycles. The lowest BCUT2D eigenvalue weighted by Gasteiger charge is -2.17. The van der Waals surface area contributed by atoms with E-state index < -0.39 is 0 Å². The van der Waals surface area contributed by atoms with Crippen molar-refractivity contribution in [2.45, 2.75) is 19.8 Å². The van der Waals surface area contributed by atoms with E-state index in [0.717, 1.165) is 6.42 Å². The number of carbonyl (C=O) groups excluding carboxylic acids is 2. The highest BCUT2D eigenvalue weighted by molar-refractivity contribution is 5.82. The minimum absolute atomic E-state index is 0.0248. The fourth-order valence-corrected chi connectivity index (χ4v) is 1.09. The molecule has 14 heavy (non-hydrogen) atoms. The second-order valence-electron chi connectivity index (χ2n) is 3.75. The molecule has 4 nitrogen and oxygen atoms in total. The Morgan fingerprint density at radius 1 is 1.07 bits per heavy atom. The lowest BCUT2D eigenvalue weighted by atomic mass is 10.2. The minimum Gasteiger partial charge on any atom is -0.348 e. The minimum atomic E-state index is 0.0248. The molecule has 0 radical (unpaired) electrons. The van der Waals surface area contributed by atoms with Gasteiger partial charge in [0.1, 0.15) is 5.78 Å². The van der Waals surface area contributed by atoms with Gasteiger partial charge in [-0.25, -0.2) is 0 Å². The number of nitrogens with zero attached hydrogens (tertiary/aromatic N) is 2. The summed E-state index contributed by atoms with van der Waals surface area (Å²) in [4.78, 5) is 25.8. The van der Waals surface area contributed by atoms with Crippen LogP contribution in [0.15, 0.2) is 0 Å². The lowest BCUT2D eigenvalue weighted by Crippen LogP contribution is -2.36. The van der Waals surface area contributed by atoms with Gasteiger partial charge in [-0.05, 0) is 13.5 Å². The van der Waals surface area contributed by atoms with Crippen LogP contribution in [-0.4, -0.2) is 55.7 Å². The van der Waals surface area contributed by atoms with Crippen molar-refractivity contribution in [2.24, 2.45) is 0 Å². The monoisotopic (exact) mass is 200 g/mol. The van der Waals surface area contributed by atoms with Crippen molar-refractivity contribution in [3.63, 3.8) is 0 Å². The fourth-order valence-electron chi connectivity index (χ4n) is 1.09. The number of rotatable bonds is 6. The summed E-state index contributed by atoms with van der Waals surface area (Å²) < 4.78 is 0. The average Bonchev–Trinajstić information content (AvgIpc) is 2.03. The number of hydrogen-bond donors (Lipinski definition) is 0. The molecule has 4 heteroatoms. The quantitative estimate of drug-likeness (QED) is 0.622. The van der Waals surface area contributed by atoms with Crippen molar-refractivity contribution in [3.8, 4) is 0 Å². The zero-order chi connectivity index (χ0) is 11.1. The Kier molecular flexibility index (Phi) is 6.12. The van der Waals surface area contributed by atoms with E-state index in [1.54, 1.807) is 26.0 Å². The molecule has 0 fully saturated rings. The zero-order valence-electron chi connectivity index (χ0n) is 9.54. The first-order valence-electron chi connectivity index (χ1n) is 4.87. The van der Waals surface area contributed by atoms with Crippen molar-refractivity contribution in [1.29, 1.82) is 0 Å². The molecule has 0 aliphatic heterocycles. The highest BCUT2D eigenvalue weighted by Gasteiger charge is 2.10. The van der Waals surface area contributed by atoms with Gasteiger partial charge in [0.25, 0.3) is 0 Å². The second-order valence-corrected chi connectivity index (χ2v) is 3.75. The lowest BCUT2D eigenvalue weighted by molar-refractivity contribution is -0.130. The van der Waals surface area contributed by atoms with E-state index in [1.165, 1.54) is 4.90 Å². The molecule has 0 atom stereocenters. The van der Waals surface area contributed by atoms with E-state index in [0.29, 0.717) is 19.5 Å². The maximum atomic E-state index is 11.3. The van der Waals surface area contributed by atoms with Crippen molar-refractivity contribution < 1.29 is 9.59 Å². The molecular formula is C10H20N2O2. The topological polar surface area (TPSA) is 40.6 Å². The van der Waals surface area contributed by atoms with Crippen molar-refractivity contribution >= 4 is 11.7 Å². The molecule has 0 bridgehead atoms. The predicted octanol–water partition coefficient (Wildman–Crippen LogP) is 0.376. The highest BCUT2D eigenvalue weighted by Crippen LogP contribution is 1.93. The van der Waals surface area contributed by atoms with Gasteiger partial charge in [-0.1, -0.05) is 6.92 Å². The van der Waals surface area contributed by atoms with E-state index in [4.69, 9.17) is 0 Å². The van der Waals surface area contributed by atoms with Gasteiger partial charge in [-0.15, -0.1) is 0 Å². The van der Waals surface area contributed by atoms with Crippen LogP contribution >= 0.6 is 0 Å². The Hall–Kier alpha value is -0.900. The van der Waals surface area contributed by atoms with Crippen LogP contribution in [0, 0.1) is 0 Å². The van der Waals surface area contributed by atoms with Gasteiger partial charge >= 0.3 is 0 Å². The average molecular weight is 200 g/mol. The van der Waals surface area contributed by atoms with Gasteiger partial charge in [0, 0.05) is 20.5 Å². The van der Waals surface area contributed by atoms with Gasteiger partial charge in [0.15, 0.2) is 0 Å². The summed E-state index contributed by atoms with van der Waals surface area (Å²) >= 11 is 0. The van der Waals surface area contributed by atoms with Crippen LogP contribution in [-0.2, 0) is 9.59 Å². The second kappa shape index (κ2) is 6.54. The Labute approximate surface area is 85.9 Å². The maximum absolute atomic E-state index is 11.3. The third-order valence-electron chi connectivity index (χ3n) is 1.88. The first kappa shape index (κ1) is 13.1. The standard InChI is InChI=1S/C10H20N2O2/c1-5-6-9(13)7-12(4)8-10(14)11(2)3/h5-8H2,1-4H3. The SMILES string of the molecule is CCCC(=O)CN(C)CC(=O)N(C)C. The van der Waals surface area contributed by atoms with Crippen molar-refractivity contribution in [2.75, 3.05) is 34.2 Å². The van der Waals surface area contributed by atoms with Crippen LogP contribution in [0.25, 0.3) is 0 Å². The molecule has 0 saturated carbocycles. The first-order chi connectivity index (χ1) is 6.47. The Morgan fingerprint density at radius 3 is 2.07 bits per heavy atom. The first-order valence-corrected chi connectivity index (χ1v) is 4.87. The van der Waals surface area contributed by atoms with Crippen LogP contribution in [0.3, 0.4) is 0 Å². The number of likely N-dealkylation sites (N-methyl/N-ethyl adjacent to an activating group) is 2. The largest absolute Gasteiger partial charge is 0.348 e. The van der Waals surface area contributed by atoms with E-state index in [-0.39, 0.29) is 11.7 Å². The van der Waals surface area contributed by atoms with Gasteiger partial charge < -0.3 is 4.90 Å². The summed E-state index contributed by atoms with van der Waals surface area (Å²) in [5.74, 6) is 0.221. The van der Waals surface area contributed by atoms with Crippen LogP contribution in [0.5, 0.6) is 0 Å². The molecule has 0 spiro atoms. The number of Topliss-reactive ketones (excluding diaryl/α,β-unsaturated/α-hetero) is 1. The van der Waals surface area contributed by atoms with Gasteiger partial charge in [-0.3, -0.25) is 14.5 Å². The van der Waals surface area contributed by atoms with Crippen LogP contribution in [0.4, 0.5) is 0 Å². The van der Waals surface area contributed by atoms with Crippen LogP contribution in [0.1, 0.15) is 19.8 Å². The summed E-state index contributed by atoms with van der Waals surface area (Å²) in [7, 11) is 5.21. The van der Waals surface area contributed by atoms with E-state index >= 15 is 0 Å². The number of carbonyl (C=O) groups is 2. The molecule has 0 aliphatic rings. The fraction of sp³-hybridized carbons (Fsp3) is 0.800. The third-order valence-corrected chi connectivity index (χ3v) is 1.88. The summed E-state index contributed by atoms with van der Waals surface area (Å²) in [6.45, 7) is 2.65. The summed E-state index contributed by atoms with van der Waals surface area (Å²) in [5, 5.41) is 0. The van der Waals surface area contributed by atoms with E-state index in [2.05, 4.69) is 0 Å². The van der Waals surface area contributed by atoms with Crippen molar-refractivity contribution in [3.05, 3.63) is 0 Å². The Morgan fingerprint density at radius 2 is 1.64 bits per heavy atom. The molecule has 82 valence electrons. The molecule has 0 saturated heterocycles. The molecule has 0 heterocycles. The number of hydrogen-bond acceptors (Lipinski definition) is 3. The van der Waals surface area contributed by atoms with E-state index in [1.807, 2.05) is 6.92 Å². The predicted molar refractivity (Wildman–Crippen MR) is 56.1 cm³/mol. The normalized spacial score (nSPS) is 10.4. The Balaban J connectivity index is 3.80. The Bertz CT molecular complexity index is 202. The molecule has 0 N–H and O–H groups in total. The summed E-state index contributed by atoms with van der Waals surface area (Å²) in [6.07, 6.45) is 1.47. The molecule has 0 unspecified atom stereocenters. The maximum Gasteiger partial charge on any atom is 0.236 e. The molecule has 0 aliphatic carbocycles. The molecular weight excluding hydrogens is 180 g/mol. The summed E-state index contributed by atoms with van der Waals surface area (Å²) in [5.41, 5.74) is 0. The molecule has 0 rings (SSSR count). The zero-order valence-corrected chi connectivity index (χ0v) is 9.54.